The summed E-state index contributed by atoms with van der Waals surface area (Å²) in [5, 5.41) is 0. The number of allylic oxidation sites excluding steroid dienone is 1. The number of methoxy groups -OCH3 is 2. The second kappa shape index (κ2) is 9.08. The van der Waals surface area contributed by atoms with Gasteiger partial charge in [0.1, 0.15) is 0 Å². The van der Waals surface area contributed by atoms with Gasteiger partial charge in [0, 0.05) is 11.4 Å². The van der Waals surface area contributed by atoms with Crippen molar-refractivity contribution in [2.24, 2.45) is 0 Å². The van der Waals surface area contributed by atoms with E-state index in [4.69, 9.17) is 14.2 Å². The van der Waals surface area contributed by atoms with Crippen molar-refractivity contribution in [1.82, 2.24) is 0 Å². The Morgan fingerprint density at radius 2 is 1.74 bits per heavy atom. The Bertz CT molecular complexity index is 1100. The van der Waals surface area contributed by atoms with Crippen LogP contribution in [0, 0.1) is 13.8 Å². The van der Waals surface area contributed by atoms with Crippen molar-refractivity contribution in [2.75, 3.05) is 25.7 Å². The lowest BCUT2D eigenvalue weighted by molar-refractivity contribution is -0.136. The van der Waals surface area contributed by atoms with Crippen LogP contribution in [0.25, 0.3) is 6.08 Å². The van der Waals surface area contributed by atoms with Gasteiger partial charge in [-0.15, -0.1) is 0 Å². The summed E-state index contributed by atoms with van der Waals surface area (Å²) in [4.78, 5) is 27.6. The van der Waals surface area contributed by atoms with E-state index in [0.29, 0.717) is 35.1 Å². The van der Waals surface area contributed by atoms with Crippen molar-refractivity contribution in [3.8, 4) is 11.5 Å². The van der Waals surface area contributed by atoms with Crippen LogP contribution in [-0.2, 0) is 14.3 Å². The highest BCUT2D eigenvalue weighted by molar-refractivity contribution is 6.23. The summed E-state index contributed by atoms with van der Waals surface area (Å²) in [5.74, 6) is 0.324. The molecule has 0 fully saturated rings. The minimum Gasteiger partial charge on any atom is -0.493 e. The molecule has 1 aliphatic heterocycles. The van der Waals surface area contributed by atoms with Crippen molar-refractivity contribution in [3.63, 3.8) is 0 Å². The number of anilines is 1. The number of hydrogen-bond donors (Lipinski definition) is 0. The molecule has 0 atom stereocenters. The number of aryl methyl sites for hydroxylation is 2. The summed E-state index contributed by atoms with van der Waals surface area (Å²) in [5.41, 5.74) is 4.66. The number of rotatable bonds is 6. The van der Waals surface area contributed by atoms with Gasteiger partial charge in [-0.25, -0.2) is 4.79 Å². The third kappa shape index (κ3) is 4.19. The summed E-state index contributed by atoms with van der Waals surface area (Å²) in [6, 6.07) is 11.1. The van der Waals surface area contributed by atoms with Gasteiger partial charge in [-0.3, -0.25) is 9.69 Å². The van der Waals surface area contributed by atoms with Gasteiger partial charge in [0.2, 0.25) is 0 Å². The van der Waals surface area contributed by atoms with E-state index in [1.165, 1.54) is 7.11 Å². The molecule has 1 heterocycles. The molecule has 0 saturated carbocycles. The Hall–Kier alpha value is -3.54. The third-order valence-corrected chi connectivity index (χ3v) is 5.34. The largest absolute Gasteiger partial charge is 0.493 e. The van der Waals surface area contributed by atoms with Crippen LogP contribution in [0.3, 0.4) is 0 Å². The number of hydrogen-bond acceptors (Lipinski definition) is 5. The molecule has 0 N–H and O–H groups in total. The van der Waals surface area contributed by atoms with Crippen LogP contribution < -0.4 is 14.4 Å². The van der Waals surface area contributed by atoms with Crippen LogP contribution in [0.4, 0.5) is 5.69 Å². The SMILES string of the molecule is CCOc1ccc(/C=C2\C(=O)N(c3ccc(C)c(C)c3)C(C)=C2C(=O)OC)cc1OC. The third-order valence-electron chi connectivity index (χ3n) is 5.34. The number of benzene rings is 2. The lowest BCUT2D eigenvalue weighted by atomic mass is 10.0. The van der Waals surface area contributed by atoms with Crippen molar-refractivity contribution in [3.05, 3.63) is 69.9 Å². The van der Waals surface area contributed by atoms with Crippen LogP contribution in [0.15, 0.2) is 53.2 Å². The maximum Gasteiger partial charge on any atom is 0.340 e. The van der Waals surface area contributed by atoms with Crippen LogP contribution in [0.1, 0.15) is 30.5 Å². The van der Waals surface area contributed by atoms with Gasteiger partial charge in [-0.2, -0.15) is 0 Å². The van der Waals surface area contributed by atoms with E-state index in [0.717, 1.165) is 11.1 Å². The molecule has 0 aromatic heterocycles. The number of amides is 1. The summed E-state index contributed by atoms with van der Waals surface area (Å²) in [6.07, 6.45) is 1.68. The Balaban J connectivity index is 2.12. The predicted molar refractivity (Wildman–Crippen MR) is 120 cm³/mol. The standard InChI is InChI=1S/C25H27NO5/c1-7-31-21-11-9-18(14-22(21)29-5)13-20-23(25(28)30-6)17(4)26(24(20)27)19-10-8-15(2)16(3)12-19/h8-14H,7H2,1-6H3/b20-13-. The normalized spacial score (nSPS) is 15.0. The molecular formula is C25H27NO5. The van der Waals surface area contributed by atoms with Crippen molar-refractivity contribution < 1.29 is 23.8 Å². The van der Waals surface area contributed by atoms with E-state index in [2.05, 4.69) is 0 Å². The topological polar surface area (TPSA) is 65.1 Å². The molecular weight excluding hydrogens is 394 g/mol. The molecule has 2 aromatic carbocycles. The average molecular weight is 421 g/mol. The minimum absolute atomic E-state index is 0.249. The van der Waals surface area contributed by atoms with Gasteiger partial charge in [0.05, 0.1) is 32.0 Å². The molecule has 0 unspecified atom stereocenters. The van der Waals surface area contributed by atoms with Gasteiger partial charge in [0.15, 0.2) is 11.5 Å². The highest BCUT2D eigenvalue weighted by atomic mass is 16.5. The molecule has 2 aromatic rings. The number of carbonyl (C=O) groups excluding carboxylic acids is 2. The van der Waals surface area contributed by atoms with E-state index < -0.39 is 5.97 Å². The van der Waals surface area contributed by atoms with E-state index in [-0.39, 0.29) is 17.1 Å². The monoisotopic (exact) mass is 421 g/mol. The molecule has 0 spiro atoms. The number of ether oxygens (including phenoxy) is 3. The van der Waals surface area contributed by atoms with Gasteiger partial charge in [-0.1, -0.05) is 12.1 Å². The minimum atomic E-state index is -0.554. The maximum absolute atomic E-state index is 13.4. The summed E-state index contributed by atoms with van der Waals surface area (Å²) in [6.45, 7) is 8.15. The predicted octanol–water partition coefficient (Wildman–Crippen LogP) is 4.59. The second-order valence-corrected chi connectivity index (χ2v) is 7.26. The zero-order valence-corrected chi connectivity index (χ0v) is 18.7. The summed E-state index contributed by atoms with van der Waals surface area (Å²) >= 11 is 0. The fraction of sp³-hybridized carbons (Fsp3) is 0.280. The van der Waals surface area contributed by atoms with E-state index in [1.807, 2.05) is 45.0 Å². The molecule has 0 aliphatic carbocycles. The fourth-order valence-electron chi connectivity index (χ4n) is 3.57. The quantitative estimate of drug-likeness (QED) is 0.504. The molecule has 31 heavy (non-hydrogen) atoms. The summed E-state index contributed by atoms with van der Waals surface area (Å²) < 4.78 is 15.9. The van der Waals surface area contributed by atoms with Crippen molar-refractivity contribution >= 4 is 23.6 Å². The average Bonchev–Trinajstić information content (AvgIpc) is 3.00. The zero-order valence-electron chi connectivity index (χ0n) is 18.7. The second-order valence-electron chi connectivity index (χ2n) is 7.26. The summed E-state index contributed by atoms with van der Waals surface area (Å²) in [7, 11) is 2.87. The first kappa shape index (κ1) is 22.2. The molecule has 0 saturated heterocycles. The fourth-order valence-corrected chi connectivity index (χ4v) is 3.57. The molecule has 3 rings (SSSR count). The molecule has 1 aliphatic rings. The lowest BCUT2D eigenvalue weighted by Crippen LogP contribution is -2.24. The Kier molecular flexibility index (Phi) is 6.49. The Morgan fingerprint density at radius 1 is 1.00 bits per heavy atom. The number of esters is 1. The first-order chi connectivity index (χ1) is 14.8. The zero-order chi connectivity index (χ0) is 22.7. The van der Waals surface area contributed by atoms with Crippen LogP contribution in [-0.4, -0.2) is 32.7 Å². The highest BCUT2D eigenvalue weighted by Gasteiger charge is 2.38. The first-order valence-corrected chi connectivity index (χ1v) is 10.1. The van der Waals surface area contributed by atoms with Gasteiger partial charge < -0.3 is 14.2 Å². The molecule has 1 amide bonds. The lowest BCUT2D eigenvalue weighted by Gasteiger charge is -2.19. The Labute approximate surface area is 182 Å². The number of nitrogens with zero attached hydrogens (tertiary/aromatic N) is 1. The Morgan fingerprint density at radius 3 is 2.35 bits per heavy atom. The first-order valence-electron chi connectivity index (χ1n) is 10.1. The van der Waals surface area contributed by atoms with Crippen molar-refractivity contribution in [2.45, 2.75) is 27.7 Å². The van der Waals surface area contributed by atoms with Gasteiger partial charge in [-0.05, 0) is 74.7 Å². The van der Waals surface area contributed by atoms with Crippen LogP contribution in [0.2, 0.25) is 0 Å². The maximum atomic E-state index is 13.4. The highest BCUT2D eigenvalue weighted by Crippen LogP contribution is 2.37. The van der Waals surface area contributed by atoms with Crippen LogP contribution in [0.5, 0.6) is 11.5 Å². The molecule has 6 heteroatoms. The van der Waals surface area contributed by atoms with E-state index in [9.17, 15) is 9.59 Å². The smallest absolute Gasteiger partial charge is 0.340 e. The van der Waals surface area contributed by atoms with Gasteiger partial charge in [0.25, 0.3) is 5.91 Å². The molecule has 6 nitrogen and oxygen atoms in total. The van der Waals surface area contributed by atoms with Gasteiger partial charge >= 0.3 is 5.97 Å². The number of carbonyl (C=O) groups is 2. The van der Waals surface area contributed by atoms with E-state index in [1.54, 1.807) is 37.1 Å². The molecule has 162 valence electrons. The van der Waals surface area contributed by atoms with E-state index >= 15 is 0 Å². The molecule has 0 radical (unpaired) electrons. The molecule has 0 bridgehead atoms. The van der Waals surface area contributed by atoms with Crippen LogP contribution >= 0.6 is 0 Å². The van der Waals surface area contributed by atoms with Crippen molar-refractivity contribution in [1.29, 1.82) is 0 Å².